The van der Waals surface area contributed by atoms with Crippen molar-refractivity contribution in [2.45, 2.75) is 37.3 Å². The second-order valence-corrected chi connectivity index (χ2v) is 4.76. The zero-order valence-electron chi connectivity index (χ0n) is 10.9. The van der Waals surface area contributed by atoms with Crippen LogP contribution < -0.4 is 10.6 Å². The highest BCUT2D eigenvalue weighted by molar-refractivity contribution is 6.03. The standard InChI is InChI=1S/C11H16N2O4.CH4O/c14-6-11(3-1-2-4-11)13-10(17)8-7(15)5-12-9(8)16;1-2/h6-8,15H,1-5H2,(H,12,16)(H,13,17);2H,1H3. The summed E-state index contributed by atoms with van der Waals surface area (Å²) in [5.74, 6) is -2.12. The van der Waals surface area contributed by atoms with Crippen molar-refractivity contribution in [2.75, 3.05) is 13.7 Å². The van der Waals surface area contributed by atoms with Crippen molar-refractivity contribution >= 4 is 18.1 Å². The third kappa shape index (κ3) is 3.30. The number of β-amino-alcohol motifs (C(OH)–C–C–N with tert-alkyl or cyclic N) is 1. The van der Waals surface area contributed by atoms with Gasteiger partial charge < -0.3 is 25.6 Å². The molecule has 0 bridgehead atoms. The number of nitrogens with one attached hydrogen (secondary N) is 2. The molecule has 4 N–H and O–H groups in total. The number of rotatable bonds is 3. The molecule has 108 valence electrons. The number of carbonyl (C=O) groups excluding carboxylic acids is 3. The Morgan fingerprint density at radius 1 is 1.42 bits per heavy atom. The van der Waals surface area contributed by atoms with Gasteiger partial charge in [-0.3, -0.25) is 9.59 Å². The topological polar surface area (TPSA) is 116 Å². The Bertz CT molecular complexity index is 352. The first-order valence-corrected chi connectivity index (χ1v) is 6.27. The van der Waals surface area contributed by atoms with Crippen LogP contribution in [0.3, 0.4) is 0 Å². The van der Waals surface area contributed by atoms with Gasteiger partial charge in [0, 0.05) is 13.7 Å². The minimum absolute atomic E-state index is 0.0883. The Labute approximate surface area is 111 Å². The molecule has 1 heterocycles. The maximum atomic E-state index is 11.9. The van der Waals surface area contributed by atoms with Crippen molar-refractivity contribution in [3.05, 3.63) is 0 Å². The fourth-order valence-electron chi connectivity index (χ4n) is 2.50. The third-order valence-corrected chi connectivity index (χ3v) is 3.53. The number of amides is 2. The first kappa shape index (κ1) is 15.6. The van der Waals surface area contributed by atoms with Gasteiger partial charge in [0.1, 0.15) is 12.2 Å². The molecule has 0 aromatic carbocycles. The van der Waals surface area contributed by atoms with E-state index in [4.69, 9.17) is 5.11 Å². The van der Waals surface area contributed by atoms with E-state index in [2.05, 4.69) is 10.6 Å². The minimum Gasteiger partial charge on any atom is -0.400 e. The molecule has 0 spiro atoms. The summed E-state index contributed by atoms with van der Waals surface area (Å²) < 4.78 is 0. The molecule has 1 saturated heterocycles. The fourth-order valence-corrected chi connectivity index (χ4v) is 2.50. The van der Waals surface area contributed by atoms with Crippen molar-refractivity contribution in [1.29, 1.82) is 0 Å². The predicted molar refractivity (Wildman–Crippen MR) is 66.1 cm³/mol. The van der Waals surface area contributed by atoms with Crippen LogP contribution in [-0.2, 0) is 14.4 Å². The summed E-state index contributed by atoms with van der Waals surface area (Å²) in [5, 5.41) is 21.6. The van der Waals surface area contributed by atoms with Gasteiger partial charge in [-0.15, -0.1) is 0 Å². The fraction of sp³-hybridized carbons (Fsp3) is 0.750. The summed E-state index contributed by atoms with van der Waals surface area (Å²) in [6.45, 7) is 0.0883. The molecular weight excluding hydrogens is 252 g/mol. The predicted octanol–water partition coefficient (Wildman–Crippen LogP) is -1.67. The van der Waals surface area contributed by atoms with E-state index in [0.29, 0.717) is 12.8 Å². The number of aldehydes is 1. The smallest absolute Gasteiger partial charge is 0.236 e. The van der Waals surface area contributed by atoms with Gasteiger partial charge in [-0.2, -0.15) is 0 Å². The lowest BCUT2D eigenvalue weighted by Gasteiger charge is -2.25. The average Bonchev–Trinajstić information content (AvgIpc) is 3.00. The largest absolute Gasteiger partial charge is 0.400 e. The summed E-state index contributed by atoms with van der Waals surface area (Å²) in [6, 6.07) is 0. The zero-order valence-corrected chi connectivity index (χ0v) is 10.9. The van der Waals surface area contributed by atoms with Crippen LogP contribution >= 0.6 is 0 Å². The van der Waals surface area contributed by atoms with Gasteiger partial charge in [0.25, 0.3) is 0 Å². The van der Waals surface area contributed by atoms with E-state index in [0.717, 1.165) is 26.2 Å². The molecule has 2 amide bonds. The molecule has 0 aromatic rings. The van der Waals surface area contributed by atoms with Gasteiger partial charge in [-0.1, -0.05) is 12.8 Å². The van der Waals surface area contributed by atoms with Crippen LogP contribution in [0.5, 0.6) is 0 Å². The molecule has 19 heavy (non-hydrogen) atoms. The average molecular weight is 272 g/mol. The lowest BCUT2D eigenvalue weighted by molar-refractivity contribution is -0.138. The summed E-state index contributed by atoms with van der Waals surface area (Å²) in [4.78, 5) is 34.3. The summed E-state index contributed by atoms with van der Waals surface area (Å²) in [7, 11) is 1.00. The molecule has 2 fully saturated rings. The highest BCUT2D eigenvalue weighted by atomic mass is 16.3. The highest BCUT2D eigenvalue weighted by Gasteiger charge is 2.43. The number of carbonyl (C=O) groups is 3. The number of aliphatic hydroxyl groups is 2. The van der Waals surface area contributed by atoms with Gasteiger partial charge >= 0.3 is 0 Å². The van der Waals surface area contributed by atoms with E-state index in [-0.39, 0.29) is 6.54 Å². The Morgan fingerprint density at radius 2 is 2.00 bits per heavy atom. The minimum atomic E-state index is -1.09. The third-order valence-electron chi connectivity index (χ3n) is 3.53. The molecule has 1 aliphatic carbocycles. The molecule has 7 nitrogen and oxygen atoms in total. The van der Waals surface area contributed by atoms with Crippen LogP contribution in [0.25, 0.3) is 0 Å². The first-order chi connectivity index (χ1) is 9.08. The summed E-state index contributed by atoms with van der Waals surface area (Å²) in [5.41, 5.74) is -0.834. The molecule has 2 rings (SSSR count). The molecule has 7 heteroatoms. The maximum Gasteiger partial charge on any atom is 0.236 e. The summed E-state index contributed by atoms with van der Waals surface area (Å²) in [6.07, 6.45) is 2.72. The molecule has 2 unspecified atom stereocenters. The first-order valence-electron chi connectivity index (χ1n) is 6.27. The Balaban J connectivity index is 0.000000861. The van der Waals surface area contributed by atoms with Crippen LogP contribution in [0.1, 0.15) is 25.7 Å². The van der Waals surface area contributed by atoms with Crippen LogP contribution in [0.2, 0.25) is 0 Å². The van der Waals surface area contributed by atoms with E-state index < -0.39 is 29.4 Å². The Hall–Kier alpha value is -1.47. The van der Waals surface area contributed by atoms with Crippen LogP contribution in [-0.4, -0.2) is 53.6 Å². The molecule has 1 aliphatic heterocycles. The maximum absolute atomic E-state index is 11.9. The van der Waals surface area contributed by atoms with Crippen molar-refractivity contribution in [2.24, 2.45) is 5.92 Å². The van der Waals surface area contributed by atoms with Crippen molar-refractivity contribution in [3.8, 4) is 0 Å². The Morgan fingerprint density at radius 3 is 2.42 bits per heavy atom. The second kappa shape index (κ2) is 6.63. The monoisotopic (exact) mass is 272 g/mol. The molecule has 0 radical (unpaired) electrons. The summed E-state index contributed by atoms with van der Waals surface area (Å²) >= 11 is 0. The Kier molecular flexibility index (Phi) is 5.44. The van der Waals surface area contributed by atoms with E-state index in [1.807, 2.05) is 0 Å². The SMILES string of the molecule is CO.O=CC1(NC(=O)C2C(=O)NCC2O)CCCC1. The second-order valence-electron chi connectivity index (χ2n) is 4.76. The van der Waals surface area contributed by atoms with Crippen molar-refractivity contribution in [3.63, 3.8) is 0 Å². The lowest BCUT2D eigenvalue weighted by atomic mass is 9.97. The zero-order chi connectivity index (χ0) is 14.5. The number of hydrogen-bond donors (Lipinski definition) is 4. The molecule has 1 saturated carbocycles. The van der Waals surface area contributed by atoms with Crippen LogP contribution in [0.15, 0.2) is 0 Å². The molecule has 0 aromatic heterocycles. The normalized spacial score (nSPS) is 28.1. The molecule has 2 atom stereocenters. The number of hydrogen-bond acceptors (Lipinski definition) is 5. The van der Waals surface area contributed by atoms with Crippen molar-refractivity contribution in [1.82, 2.24) is 10.6 Å². The van der Waals surface area contributed by atoms with Gasteiger partial charge in [0.05, 0.1) is 11.6 Å². The van der Waals surface area contributed by atoms with Crippen LogP contribution in [0.4, 0.5) is 0 Å². The van der Waals surface area contributed by atoms with Gasteiger partial charge in [-0.25, -0.2) is 0 Å². The van der Waals surface area contributed by atoms with E-state index >= 15 is 0 Å². The van der Waals surface area contributed by atoms with Gasteiger partial charge in [-0.05, 0) is 12.8 Å². The van der Waals surface area contributed by atoms with E-state index in [9.17, 15) is 19.5 Å². The lowest BCUT2D eigenvalue weighted by Crippen LogP contribution is -2.52. The van der Waals surface area contributed by atoms with Gasteiger partial charge in [0.2, 0.25) is 11.8 Å². The quantitative estimate of drug-likeness (QED) is 0.362. The van der Waals surface area contributed by atoms with Gasteiger partial charge in [0.15, 0.2) is 0 Å². The van der Waals surface area contributed by atoms with E-state index in [1.165, 1.54) is 0 Å². The molecule has 2 aliphatic rings. The van der Waals surface area contributed by atoms with E-state index in [1.54, 1.807) is 0 Å². The van der Waals surface area contributed by atoms with Crippen LogP contribution in [0, 0.1) is 5.92 Å². The molecular formula is C12H20N2O5. The highest BCUT2D eigenvalue weighted by Crippen LogP contribution is 2.28. The van der Waals surface area contributed by atoms with Crippen molar-refractivity contribution < 1.29 is 24.6 Å². The number of aliphatic hydroxyl groups excluding tert-OH is 2.